The molecule has 20 heavy (non-hydrogen) atoms. The van der Waals surface area contributed by atoms with E-state index in [1.54, 1.807) is 0 Å². The molecule has 2 N–H and O–H groups in total. The predicted octanol–water partition coefficient (Wildman–Crippen LogP) is 4.01. The number of carbonyl (C=O) groups excluding carboxylic acids is 1. The van der Waals surface area contributed by atoms with Crippen LogP contribution in [0.4, 0.5) is 5.69 Å². The average Bonchev–Trinajstić information content (AvgIpc) is 2.39. The lowest BCUT2D eigenvalue weighted by Gasteiger charge is -2.23. The molecule has 1 rings (SSSR count). The molecule has 0 heterocycles. The first-order valence-corrected chi connectivity index (χ1v) is 7.29. The van der Waals surface area contributed by atoms with E-state index in [0.717, 1.165) is 24.8 Å². The zero-order valence-corrected chi connectivity index (χ0v) is 13.3. The van der Waals surface area contributed by atoms with Gasteiger partial charge in [0.05, 0.1) is 13.0 Å². The molecule has 0 radical (unpaired) electrons. The van der Waals surface area contributed by atoms with Gasteiger partial charge in [-0.25, -0.2) is 0 Å². The number of ether oxygens (including phenoxy) is 1. The number of unbranched alkanes of at least 4 members (excludes halogenated alkanes) is 1. The van der Waals surface area contributed by atoms with E-state index >= 15 is 0 Å². The topological polar surface area (TPSA) is 52.3 Å². The highest BCUT2D eigenvalue weighted by atomic mass is 16.5. The second-order valence-electron chi connectivity index (χ2n) is 6.31. The molecular weight excluding hydrogens is 250 g/mol. The quantitative estimate of drug-likeness (QED) is 0.653. The maximum absolute atomic E-state index is 12.1. The Balaban J connectivity index is 3.21. The number of nitrogen functional groups attached to an aromatic ring is 1. The Morgan fingerprint density at radius 2 is 2.00 bits per heavy atom. The van der Waals surface area contributed by atoms with Gasteiger partial charge in [0.1, 0.15) is 0 Å². The number of rotatable bonds is 5. The van der Waals surface area contributed by atoms with Crippen molar-refractivity contribution in [3.63, 3.8) is 0 Å². The minimum atomic E-state index is -0.262. The summed E-state index contributed by atoms with van der Waals surface area (Å²) in [6, 6.07) is 6.00. The molecule has 3 nitrogen and oxygen atoms in total. The third kappa shape index (κ3) is 3.99. The highest BCUT2D eigenvalue weighted by Crippen LogP contribution is 2.32. The summed E-state index contributed by atoms with van der Waals surface area (Å²) in [4.78, 5) is 12.1. The van der Waals surface area contributed by atoms with Gasteiger partial charge in [-0.05, 0) is 29.0 Å². The van der Waals surface area contributed by atoms with Gasteiger partial charge < -0.3 is 10.5 Å². The van der Waals surface area contributed by atoms with Crippen LogP contribution in [0.3, 0.4) is 0 Å². The van der Waals surface area contributed by atoms with E-state index in [-0.39, 0.29) is 17.3 Å². The molecule has 0 aromatic heterocycles. The Morgan fingerprint density at radius 3 is 2.50 bits per heavy atom. The number of carbonyl (C=O) groups is 1. The molecule has 1 aromatic carbocycles. The van der Waals surface area contributed by atoms with Gasteiger partial charge in [0.2, 0.25) is 0 Å². The van der Waals surface area contributed by atoms with Gasteiger partial charge in [0.25, 0.3) is 0 Å². The van der Waals surface area contributed by atoms with Crippen molar-refractivity contribution in [2.45, 2.75) is 58.3 Å². The molecule has 0 aliphatic heterocycles. The van der Waals surface area contributed by atoms with Gasteiger partial charge >= 0.3 is 5.97 Å². The maximum atomic E-state index is 12.1. The molecule has 0 bridgehead atoms. The number of hydrogen-bond acceptors (Lipinski definition) is 3. The lowest BCUT2D eigenvalue weighted by Crippen LogP contribution is -2.18. The van der Waals surface area contributed by atoms with Crippen molar-refractivity contribution in [1.82, 2.24) is 0 Å². The van der Waals surface area contributed by atoms with Gasteiger partial charge in [-0.2, -0.15) is 0 Å². The minimum Gasteiger partial charge on any atom is -0.469 e. The van der Waals surface area contributed by atoms with Crippen LogP contribution in [0, 0.1) is 0 Å². The second-order valence-corrected chi connectivity index (χ2v) is 6.31. The van der Waals surface area contributed by atoms with E-state index in [1.807, 2.05) is 12.1 Å². The van der Waals surface area contributed by atoms with Crippen molar-refractivity contribution in [2.24, 2.45) is 0 Å². The summed E-state index contributed by atoms with van der Waals surface area (Å²) in [6.07, 6.45) is 2.81. The molecule has 1 atom stereocenters. The molecule has 0 amide bonds. The van der Waals surface area contributed by atoms with Crippen LogP contribution in [0.5, 0.6) is 0 Å². The molecule has 0 saturated carbocycles. The minimum absolute atomic E-state index is 0.0356. The third-order valence-corrected chi connectivity index (χ3v) is 3.66. The lowest BCUT2D eigenvalue weighted by molar-refractivity contribution is -0.142. The highest BCUT2D eigenvalue weighted by molar-refractivity contribution is 5.80. The first-order chi connectivity index (χ1) is 9.31. The first-order valence-electron chi connectivity index (χ1n) is 7.29. The van der Waals surface area contributed by atoms with Crippen molar-refractivity contribution in [1.29, 1.82) is 0 Å². The summed E-state index contributed by atoms with van der Waals surface area (Å²) in [6.45, 7) is 8.58. The molecular formula is C17H27NO2. The molecule has 0 aliphatic carbocycles. The van der Waals surface area contributed by atoms with Gasteiger partial charge in [0, 0.05) is 5.69 Å². The van der Waals surface area contributed by atoms with E-state index in [4.69, 9.17) is 10.5 Å². The molecule has 0 saturated heterocycles. The van der Waals surface area contributed by atoms with Crippen LogP contribution in [-0.4, -0.2) is 13.1 Å². The lowest BCUT2D eigenvalue weighted by atomic mass is 9.83. The predicted molar refractivity (Wildman–Crippen MR) is 83.8 cm³/mol. The first kappa shape index (κ1) is 16.5. The van der Waals surface area contributed by atoms with Crippen LogP contribution in [0.1, 0.15) is 64.0 Å². The van der Waals surface area contributed by atoms with E-state index in [1.165, 1.54) is 12.7 Å². The SMILES string of the molecule is CCCCC(C(=O)OC)c1cc(C(C)(C)C)ccc1N. The summed E-state index contributed by atoms with van der Waals surface area (Å²) in [5, 5.41) is 0. The molecule has 0 aliphatic rings. The zero-order chi connectivity index (χ0) is 15.3. The van der Waals surface area contributed by atoms with E-state index < -0.39 is 0 Å². The van der Waals surface area contributed by atoms with Crippen LogP contribution in [0.2, 0.25) is 0 Å². The maximum Gasteiger partial charge on any atom is 0.313 e. The highest BCUT2D eigenvalue weighted by Gasteiger charge is 2.25. The molecule has 3 heteroatoms. The smallest absolute Gasteiger partial charge is 0.313 e. The summed E-state index contributed by atoms with van der Waals surface area (Å²) in [5.74, 6) is -0.460. The number of hydrogen-bond donors (Lipinski definition) is 1. The van der Waals surface area contributed by atoms with Gasteiger partial charge in [-0.1, -0.05) is 52.7 Å². The van der Waals surface area contributed by atoms with Gasteiger partial charge in [0.15, 0.2) is 0 Å². The Bertz CT molecular complexity index is 461. The van der Waals surface area contributed by atoms with Crippen molar-refractivity contribution < 1.29 is 9.53 Å². The molecule has 112 valence electrons. The van der Waals surface area contributed by atoms with Crippen molar-refractivity contribution in [3.8, 4) is 0 Å². The summed E-state index contributed by atoms with van der Waals surface area (Å²) < 4.78 is 4.95. The fraction of sp³-hybridized carbons (Fsp3) is 0.588. The fourth-order valence-corrected chi connectivity index (χ4v) is 2.29. The van der Waals surface area contributed by atoms with Crippen LogP contribution >= 0.6 is 0 Å². The van der Waals surface area contributed by atoms with Crippen molar-refractivity contribution >= 4 is 11.7 Å². The largest absolute Gasteiger partial charge is 0.469 e. The van der Waals surface area contributed by atoms with Crippen LogP contribution < -0.4 is 5.73 Å². The molecule has 0 spiro atoms. The Labute approximate surface area is 122 Å². The standard InChI is InChI=1S/C17H27NO2/c1-6-7-8-13(16(19)20-5)14-11-12(17(2,3)4)9-10-15(14)18/h9-11,13H,6-8,18H2,1-5H3. The zero-order valence-electron chi connectivity index (χ0n) is 13.3. The Hall–Kier alpha value is -1.51. The third-order valence-electron chi connectivity index (χ3n) is 3.66. The fourth-order valence-electron chi connectivity index (χ4n) is 2.29. The number of nitrogens with two attached hydrogens (primary N) is 1. The number of esters is 1. The van der Waals surface area contributed by atoms with Crippen molar-refractivity contribution in [2.75, 3.05) is 12.8 Å². The van der Waals surface area contributed by atoms with Gasteiger partial charge in [-0.3, -0.25) is 4.79 Å². The molecule has 1 unspecified atom stereocenters. The summed E-state index contributed by atoms with van der Waals surface area (Å²) >= 11 is 0. The number of benzene rings is 1. The summed E-state index contributed by atoms with van der Waals surface area (Å²) in [5.41, 5.74) is 8.88. The Kier molecular flexibility index (Phi) is 5.61. The normalized spacial score (nSPS) is 13.1. The van der Waals surface area contributed by atoms with E-state index in [0.29, 0.717) is 5.69 Å². The van der Waals surface area contributed by atoms with Crippen LogP contribution in [0.25, 0.3) is 0 Å². The number of methoxy groups -OCH3 is 1. The Morgan fingerprint density at radius 1 is 1.35 bits per heavy atom. The monoisotopic (exact) mass is 277 g/mol. The van der Waals surface area contributed by atoms with E-state index in [2.05, 4.69) is 33.8 Å². The van der Waals surface area contributed by atoms with Crippen LogP contribution in [0.15, 0.2) is 18.2 Å². The number of anilines is 1. The van der Waals surface area contributed by atoms with Gasteiger partial charge in [-0.15, -0.1) is 0 Å². The summed E-state index contributed by atoms with van der Waals surface area (Å²) in [7, 11) is 1.44. The average molecular weight is 277 g/mol. The second kappa shape index (κ2) is 6.78. The van der Waals surface area contributed by atoms with Crippen LogP contribution in [-0.2, 0) is 14.9 Å². The molecule has 0 fully saturated rings. The van der Waals surface area contributed by atoms with E-state index in [9.17, 15) is 4.79 Å². The van der Waals surface area contributed by atoms with Crippen molar-refractivity contribution in [3.05, 3.63) is 29.3 Å². The molecule has 1 aromatic rings.